The molecule has 0 saturated heterocycles. The normalized spacial score (nSPS) is 11.0. The number of esters is 1. The van der Waals surface area contributed by atoms with Gasteiger partial charge in [0.05, 0.1) is 23.6 Å². The number of aromatic hydroxyl groups is 1. The van der Waals surface area contributed by atoms with Crippen molar-refractivity contribution in [1.82, 2.24) is 4.57 Å². The van der Waals surface area contributed by atoms with Gasteiger partial charge in [0.2, 0.25) is 0 Å². The van der Waals surface area contributed by atoms with Crippen LogP contribution in [0, 0.1) is 12.7 Å². The van der Waals surface area contributed by atoms with Gasteiger partial charge in [-0.15, -0.1) is 0 Å². The third-order valence-corrected chi connectivity index (χ3v) is 5.08. The molecule has 0 unspecified atom stereocenters. The van der Waals surface area contributed by atoms with Crippen LogP contribution in [0.1, 0.15) is 41.4 Å². The van der Waals surface area contributed by atoms with Gasteiger partial charge in [-0.1, -0.05) is 24.9 Å². The summed E-state index contributed by atoms with van der Waals surface area (Å²) < 4.78 is 20.5. The van der Waals surface area contributed by atoms with E-state index in [2.05, 4.69) is 0 Å². The molecule has 5 nitrogen and oxygen atoms in total. The number of phenolic OH excluding ortho intramolecular Hbond substituents is 1. The quantitative estimate of drug-likeness (QED) is 0.451. The number of rotatable bonds is 6. The Morgan fingerprint density at radius 1 is 1.21 bits per heavy atom. The highest BCUT2D eigenvalue weighted by Gasteiger charge is 2.22. The fourth-order valence-corrected chi connectivity index (χ4v) is 3.36. The molecule has 0 atom stereocenters. The van der Waals surface area contributed by atoms with Crippen LogP contribution in [0.2, 0.25) is 5.02 Å². The molecule has 3 aromatic rings. The molecule has 0 fully saturated rings. The highest BCUT2D eigenvalue weighted by Crippen LogP contribution is 2.31. The van der Waals surface area contributed by atoms with Gasteiger partial charge < -0.3 is 9.84 Å². The first kappa shape index (κ1) is 20.9. The number of halogens is 2. The standard InChI is InChI=1S/C22H21ClFNO4/c1-3-4-9-29-21(27)12-16-13(2)25(20-8-6-15(26)11-17(16)20)22(28)14-5-7-18(23)19(24)10-14/h5-8,10-11,26H,3-4,9,12H2,1-2H3. The van der Waals surface area contributed by atoms with Gasteiger partial charge in [0.25, 0.3) is 5.91 Å². The molecule has 3 rings (SSSR count). The summed E-state index contributed by atoms with van der Waals surface area (Å²) in [6.45, 7) is 4.04. The van der Waals surface area contributed by atoms with E-state index in [9.17, 15) is 19.1 Å². The van der Waals surface area contributed by atoms with Crippen LogP contribution in [0.5, 0.6) is 5.75 Å². The molecule has 1 aromatic heterocycles. The van der Waals surface area contributed by atoms with Crippen molar-refractivity contribution in [3.63, 3.8) is 0 Å². The van der Waals surface area contributed by atoms with E-state index in [4.69, 9.17) is 16.3 Å². The molecule has 29 heavy (non-hydrogen) atoms. The molecular weight excluding hydrogens is 397 g/mol. The zero-order valence-electron chi connectivity index (χ0n) is 16.2. The van der Waals surface area contributed by atoms with E-state index < -0.39 is 17.7 Å². The van der Waals surface area contributed by atoms with Gasteiger partial charge in [-0.25, -0.2) is 4.39 Å². The third kappa shape index (κ3) is 4.27. The number of fused-ring (bicyclic) bond motifs is 1. The lowest BCUT2D eigenvalue weighted by Crippen LogP contribution is -2.15. The predicted molar refractivity (Wildman–Crippen MR) is 109 cm³/mol. The SMILES string of the molecule is CCCCOC(=O)Cc1c(C)n(C(=O)c2ccc(Cl)c(F)c2)c2ccc(O)cc12. The summed E-state index contributed by atoms with van der Waals surface area (Å²) in [4.78, 5) is 25.4. The smallest absolute Gasteiger partial charge is 0.310 e. The number of carbonyl (C=O) groups excluding carboxylic acids is 2. The first-order chi connectivity index (χ1) is 13.8. The van der Waals surface area contributed by atoms with E-state index in [1.54, 1.807) is 13.0 Å². The Kier molecular flexibility index (Phi) is 6.23. The van der Waals surface area contributed by atoms with Gasteiger partial charge in [-0.3, -0.25) is 14.2 Å². The molecule has 0 aliphatic carbocycles. The number of ether oxygens (including phenoxy) is 1. The summed E-state index contributed by atoms with van der Waals surface area (Å²) in [6, 6.07) is 8.39. The average Bonchev–Trinajstić information content (AvgIpc) is 2.95. The summed E-state index contributed by atoms with van der Waals surface area (Å²) in [6.07, 6.45) is 1.64. The van der Waals surface area contributed by atoms with Crippen LogP contribution in [0.3, 0.4) is 0 Å². The van der Waals surface area contributed by atoms with Crippen molar-refractivity contribution in [3.8, 4) is 5.75 Å². The number of hydrogen-bond acceptors (Lipinski definition) is 4. The highest BCUT2D eigenvalue weighted by molar-refractivity contribution is 6.30. The molecule has 0 spiro atoms. The second kappa shape index (κ2) is 8.66. The maximum Gasteiger partial charge on any atom is 0.310 e. The Labute approximate surface area is 172 Å². The number of hydrogen-bond donors (Lipinski definition) is 1. The van der Waals surface area contributed by atoms with Crippen LogP contribution in [-0.2, 0) is 16.0 Å². The maximum atomic E-state index is 13.9. The summed E-state index contributed by atoms with van der Waals surface area (Å²) in [7, 11) is 0. The Bertz CT molecular complexity index is 1090. The first-order valence-corrected chi connectivity index (χ1v) is 9.69. The van der Waals surface area contributed by atoms with E-state index in [0.29, 0.717) is 28.8 Å². The molecule has 0 radical (unpaired) electrons. The lowest BCUT2D eigenvalue weighted by molar-refractivity contribution is -0.142. The average molecular weight is 418 g/mol. The number of nitrogens with zero attached hydrogens (tertiary/aromatic N) is 1. The highest BCUT2D eigenvalue weighted by atomic mass is 35.5. The summed E-state index contributed by atoms with van der Waals surface area (Å²) in [5.74, 6) is -1.54. The molecule has 7 heteroatoms. The Morgan fingerprint density at radius 3 is 2.66 bits per heavy atom. The maximum absolute atomic E-state index is 13.9. The molecule has 1 heterocycles. The Morgan fingerprint density at radius 2 is 1.97 bits per heavy atom. The largest absolute Gasteiger partial charge is 0.508 e. The van der Waals surface area contributed by atoms with Gasteiger partial charge >= 0.3 is 5.97 Å². The molecule has 0 aliphatic rings. The molecular formula is C22H21ClFNO4. The molecule has 0 amide bonds. The Balaban J connectivity index is 2.06. The molecule has 0 bridgehead atoms. The number of unbranched alkanes of at least 4 members (excludes halogenated alkanes) is 1. The van der Waals surface area contributed by atoms with Crippen LogP contribution in [0.4, 0.5) is 4.39 Å². The van der Waals surface area contributed by atoms with Gasteiger partial charge in [0, 0.05) is 16.6 Å². The van der Waals surface area contributed by atoms with Gasteiger partial charge in [0.15, 0.2) is 0 Å². The molecule has 0 aliphatic heterocycles. The van der Waals surface area contributed by atoms with E-state index in [-0.39, 0.29) is 22.8 Å². The van der Waals surface area contributed by atoms with Crippen LogP contribution in [-0.4, -0.2) is 28.2 Å². The van der Waals surface area contributed by atoms with Crippen molar-refractivity contribution in [2.24, 2.45) is 0 Å². The number of aromatic nitrogens is 1. The fourth-order valence-electron chi connectivity index (χ4n) is 3.24. The van der Waals surface area contributed by atoms with Crippen LogP contribution in [0.15, 0.2) is 36.4 Å². The zero-order chi connectivity index (χ0) is 21.1. The van der Waals surface area contributed by atoms with Gasteiger partial charge in [-0.05, 0) is 55.3 Å². The lowest BCUT2D eigenvalue weighted by Gasteiger charge is -2.08. The number of phenols is 1. The van der Waals surface area contributed by atoms with Crippen molar-refractivity contribution in [2.45, 2.75) is 33.1 Å². The molecule has 152 valence electrons. The molecule has 1 N–H and O–H groups in total. The Hall–Kier alpha value is -2.86. The van der Waals surface area contributed by atoms with Crippen molar-refractivity contribution < 1.29 is 23.8 Å². The van der Waals surface area contributed by atoms with Crippen LogP contribution >= 0.6 is 11.6 Å². The minimum absolute atomic E-state index is 0.0141. The third-order valence-electron chi connectivity index (χ3n) is 4.77. The van der Waals surface area contributed by atoms with Crippen molar-refractivity contribution in [1.29, 1.82) is 0 Å². The van der Waals surface area contributed by atoms with Crippen LogP contribution in [0.25, 0.3) is 10.9 Å². The summed E-state index contributed by atoms with van der Waals surface area (Å²) in [5.41, 5.74) is 1.74. The topological polar surface area (TPSA) is 68.5 Å². The van der Waals surface area contributed by atoms with Crippen molar-refractivity contribution >= 4 is 34.4 Å². The van der Waals surface area contributed by atoms with Crippen molar-refractivity contribution in [2.75, 3.05) is 6.61 Å². The second-order valence-corrected chi connectivity index (χ2v) is 7.19. The predicted octanol–water partition coefficient (Wildman–Crippen LogP) is 5.02. The lowest BCUT2D eigenvalue weighted by atomic mass is 10.1. The van der Waals surface area contributed by atoms with E-state index in [1.807, 2.05) is 6.92 Å². The molecule has 0 saturated carbocycles. The summed E-state index contributed by atoms with van der Waals surface area (Å²) >= 11 is 5.72. The zero-order valence-corrected chi connectivity index (χ0v) is 16.9. The minimum Gasteiger partial charge on any atom is -0.508 e. The van der Waals surface area contributed by atoms with E-state index in [1.165, 1.54) is 28.8 Å². The number of carbonyl (C=O) groups is 2. The summed E-state index contributed by atoms with van der Waals surface area (Å²) in [5, 5.41) is 10.4. The molecule has 2 aromatic carbocycles. The second-order valence-electron chi connectivity index (χ2n) is 6.79. The van der Waals surface area contributed by atoms with Crippen LogP contribution < -0.4 is 0 Å². The first-order valence-electron chi connectivity index (χ1n) is 9.31. The number of benzene rings is 2. The van der Waals surface area contributed by atoms with E-state index in [0.717, 1.165) is 18.9 Å². The van der Waals surface area contributed by atoms with Gasteiger partial charge in [0.1, 0.15) is 11.6 Å². The van der Waals surface area contributed by atoms with Crippen molar-refractivity contribution in [3.05, 3.63) is 64.1 Å². The fraction of sp³-hybridized carbons (Fsp3) is 0.273. The van der Waals surface area contributed by atoms with E-state index >= 15 is 0 Å². The minimum atomic E-state index is -0.691. The van der Waals surface area contributed by atoms with Gasteiger partial charge in [-0.2, -0.15) is 0 Å². The monoisotopic (exact) mass is 417 g/mol.